The van der Waals surface area contributed by atoms with Crippen molar-refractivity contribution in [2.24, 2.45) is 0 Å². The summed E-state index contributed by atoms with van der Waals surface area (Å²) in [4.78, 5) is 13.1. The van der Waals surface area contributed by atoms with E-state index in [1.54, 1.807) is 0 Å². The highest BCUT2D eigenvalue weighted by Gasteiger charge is 2.47. The molecule has 2 aliphatic rings. The van der Waals surface area contributed by atoms with Crippen molar-refractivity contribution in [3.63, 3.8) is 0 Å². The van der Waals surface area contributed by atoms with Crippen LogP contribution in [-0.2, 0) is 33.2 Å². The molecule has 7 N–H and O–H groups in total. The zero-order chi connectivity index (χ0) is 61.5. The monoisotopic (exact) mass is 1200 g/mol. The molecule has 11 unspecified atom stereocenters. The van der Waals surface area contributed by atoms with Crippen LogP contribution >= 0.6 is 0 Å². The Labute approximate surface area is 515 Å². The minimum absolute atomic E-state index is 0.0524. The normalized spacial score (nSPS) is 23.8. The van der Waals surface area contributed by atoms with Crippen LogP contribution in [0.3, 0.4) is 0 Å². The Morgan fingerprint density at radius 1 is 0.400 bits per heavy atom. The van der Waals surface area contributed by atoms with Gasteiger partial charge in [-0.05, 0) is 96.3 Å². The molecular formula is C71H122O14. The standard InChI is InChI=1S/C71H122O14/c1-3-5-7-9-11-13-15-17-19-21-23-25-27-29-31-33-35-37-39-41-43-45-47-49-51-53-55-80-57-60(58-81-70-69(79)67(77)65(75)62(85-70)59-82-71-68(78)66(76)64(74)61(56-72)84-71)83-63(73)54-52-50-48-46-44-42-40-38-36-34-32-30-28-26-24-22-20-18-16-14-12-10-8-6-4-2/h6,8,12,14-15,17-18,20-21,23-24,26-27,29-30,32,60-62,64-72,74-79H,3-5,7,9-11,13,16,19,22,25,28,31,33-59H2,1-2H3/b8-6-,14-12-,17-15-,20-18-,23-21-,26-24-,29-27-,32-30-. The number of ether oxygens (including phenoxy) is 6. The first kappa shape index (κ1) is 78.0. The van der Waals surface area contributed by atoms with Gasteiger partial charge in [0.1, 0.15) is 54.9 Å². The van der Waals surface area contributed by atoms with E-state index in [4.69, 9.17) is 28.4 Å². The Hall–Kier alpha value is -3.09. The average Bonchev–Trinajstić information content (AvgIpc) is 3.68. The maximum Gasteiger partial charge on any atom is 0.306 e. The molecule has 0 amide bonds. The van der Waals surface area contributed by atoms with Crippen molar-refractivity contribution in [3.05, 3.63) is 97.2 Å². The second-order valence-corrected chi connectivity index (χ2v) is 23.3. The average molecular weight is 1200 g/mol. The van der Waals surface area contributed by atoms with Gasteiger partial charge in [-0.3, -0.25) is 4.79 Å². The summed E-state index contributed by atoms with van der Waals surface area (Å²) in [6, 6.07) is 0. The van der Waals surface area contributed by atoms with Gasteiger partial charge in [0.25, 0.3) is 0 Å². The largest absolute Gasteiger partial charge is 0.457 e. The number of esters is 1. The fourth-order valence-corrected chi connectivity index (χ4v) is 10.2. The number of carbonyl (C=O) groups excluding carboxylic acids is 1. The van der Waals surface area contributed by atoms with Gasteiger partial charge in [0.2, 0.25) is 0 Å². The van der Waals surface area contributed by atoms with Gasteiger partial charge in [-0.15, -0.1) is 0 Å². The summed E-state index contributed by atoms with van der Waals surface area (Å²) in [5, 5.41) is 72.6. The van der Waals surface area contributed by atoms with Gasteiger partial charge < -0.3 is 64.2 Å². The number of hydrogen-bond donors (Lipinski definition) is 7. The van der Waals surface area contributed by atoms with Crippen molar-refractivity contribution >= 4 is 5.97 Å². The van der Waals surface area contributed by atoms with Gasteiger partial charge in [-0.1, -0.05) is 239 Å². The SMILES string of the molecule is CC/C=C\C/C=C\C/C=C\C/C=C\C/C=C\CCCCCCCCCCCC(=O)OC(COCCCCCCCCCCCCC/C=C\C/C=C\C/C=C\CCCCCCC)COC1OC(COC2OC(CO)C(O)C(O)C2O)C(O)C(O)C1O. The first-order valence-electron chi connectivity index (χ1n) is 33.8. The van der Waals surface area contributed by atoms with E-state index in [2.05, 4.69) is 111 Å². The summed E-state index contributed by atoms with van der Waals surface area (Å²) in [5.41, 5.74) is 0. The summed E-state index contributed by atoms with van der Waals surface area (Å²) in [6.07, 6.45) is 60.4. The van der Waals surface area contributed by atoms with Crippen LogP contribution in [0.1, 0.15) is 245 Å². The number of carbonyl (C=O) groups is 1. The molecule has 0 aromatic heterocycles. The fourth-order valence-electron chi connectivity index (χ4n) is 10.2. The Kier molecular flexibility index (Phi) is 51.5. The molecule has 0 aromatic rings. The second-order valence-electron chi connectivity index (χ2n) is 23.3. The third-order valence-electron chi connectivity index (χ3n) is 15.6. The molecule has 0 bridgehead atoms. The number of allylic oxidation sites excluding steroid dienone is 16. The first-order valence-corrected chi connectivity index (χ1v) is 33.8. The van der Waals surface area contributed by atoms with Crippen molar-refractivity contribution in [3.8, 4) is 0 Å². The number of unbranched alkanes of at least 4 members (excludes halogenated alkanes) is 25. The van der Waals surface area contributed by atoms with E-state index in [0.717, 1.165) is 89.9 Å². The maximum absolute atomic E-state index is 13.1. The van der Waals surface area contributed by atoms with Crippen LogP contribution in [-0.4, -0.2) is 142 Å². The predicted molar refractivity (Wildman–Crippen MR) is 344 cm³/mol. The van der Waals surface area contributed by atoms with Crippen LogP contribution in [0, 0.1) is 0 Å². The van der Waals surface area contributed by atoms with E-state index in [-0.39, 0.29) is 25.6 Å². The zero-order valence-corrected chi connectivity index (χ0v) is 53.1. The van der Waals surface area contributed by atoms with E-state index in [0.29, 0.717) is 13.0 Å². The third kappa shape index (κ3) is 41.7. The van der Waals surface area contributed by atoms with Gasteiger partial charge >= 0.3 is 5.97 Å². The lowest BCUT2D eigenvalue weighted by Gasteiger charge is -2.42. The topological polar surface area (TPSA) is 214 Å². The molecule has 2 fully saturated rings. The molecule has 0 radical (unpaired) electrons. The molecular weight excluding hydrogens is 1080 g/mol. The lowest BCUT2D eigenvalue weighted by atomic mass is 9.98. The number of hydrogen-bond acceptors (Lipinski definition) is 14. The van der Waals surface area contributed by atoms with Crippen LogP contribution in [0.25, 0.3) is 0 Å². The Morgan fingerprint density at radius 2 is 0.765 bits per heavy atom. The lowest BCUT2D eigenvalue weighted by Crippen LogP contribution is -2.61. The van der Waals surface area contributed by atoms with Crippen molar-refractivity contribution < 1.29 is 69.0 Å². The summed E-state index contributed by atoms with van der Waals surface area (Å²) < 4.78 is 34.5. The summed E-state index contributed by atoms with van der Waals surface area (Å²) in [6.45, 7) is 3.57. The van der Waals surface area contributed by atoms with Crippen LogP contribution in [0.4, 0.5) is 0 Å². The Bertz CT molecular complexity index is 1780. The van der Waals surface area contributed by atoms with Crippen LogP contribution in [0.2, 0.25) is 0 Å². The number of aliphatic hydroxyl groups excluding tert-OH is 7. The molecule has 2 heterocycles. The molecule has 14 heteroatoms. The summed E-state index contributed by atoms with van der Waals surface area (Å²) in [5.74, 6) is -0.385. The first-order chi connectivity index (χ1) is 41.6. The Morgan fingerprint density at radius 3 is 1.20 bits per heavy atom. The predicted octanol–water partition coefficient (Wildman–Crippen LogP) is 14.1. The van der Waals surface area contributed by atoms with E-state index < -0.39 is 80.7 Å². The van der Waals surface area contributed by atoms with Crippen molar-refractivity contribution in [2.75, 3.05) is 33.0 Å². The highest BCUT2D eigenvalue weighted by molar-refractivity contribution is 5.69. The second kappa shape index (κ2) is 56.2. The smallest absolute Gasteiger partial charge is 0.306 e. The Balaban J connectivity index is 1.66. The quantitative estimate of drug-likeness (QED) is 0.0171. The van der Waals surface area contributed by atoms with E-state index in [9.17, 15) is 40.5 Å². The molecule has 2 saturated heterocycles. The lowest BCUT2D eigenvalue weighted by molar-refractivity contribution is -0.332. The number of rotatable bonds is 55. The van der Waals surface area contributed by atoms with Crippen LogP contribution in [0.15, 0.2) is 97.2 Å². The van der Waals surface area contributed by atoms with Crippen LogP contribution < -0.4 is 0 Å². The summed E-state index contributed by atoms with van der Waals surface area (Å²) in [7, 11) is 0. The fraction of sp³-hybridized carbons (Fsp3) is 0.761. The molecule has 0 saturated carbocycles. The molecule has 11 atom stereocenters. The molecule has 2 rings (SSSR count). The van der Waals surface area contributed by atoms with Crippen molar-refractivity contribution in [1.29, 1.82) is 0 Å². The minimum Gasteiger partial charge on any atom is -0.457 e. The van der Waals surface area contributed by atoms with Crippen LogP contribution in [0.5, 0.6) is 0 Å². The minimum atomic E-state index is -1.71. The van der Waals surface area contributed by atoms with Crippen molar-refractivity contribution in [2.45, 2.75) is 313 Å². The highest BCUT2D eigenvalue weighted by atomic mass is 16.7. The molecule has 490 valence electrons. The molecule has 85 heavy (non-hydrogen) atoms. The van der Waals surface area contributed by atoms with Crippen molar-refractivity contribution in [1.82, 2.24) is 0 Å². The van der Waals surface area contributed by atoms with Gasteiger partial charge in [-0.2, -0.15) is 0 Å². The molecule has 14 nitrogen and oxygen atoms in total. The zero-order valence-electron chi connectivity index (χ0n) is 53.1. The molecule has 0 aliphatic carbocycles. The molecule has 0 spiro atoms. The highest BCUT2D eigenvalue weighted by Crippen LogP contribution is 2.27. The van der Waals surface area contributed by atoms with Gasteiger partial charge in [-0.25, -0.2) is 0 Å². The van der Waals surface area contributed by atoms with E-state index in [1.807, 2.05) is 0 Å². The molecule has 2 aliphatic heterocycles. The summed E-state index contributed by atoms with van der Waals surface area (Å²) >= 11 is 0. The van der Waals surface area contributed by atoms with E-state index >= 15 is 0 Å². The van der Waals surface area contributed by atoms with Gasteiger partial charge in [0.15, 0.2) is 12.6 Å². The third-order valence-corrected chi connectivity index (χ3v) is 15.6. The maximum atomic E-state index is 13.1. The molecule has 0 aromatic carbocycles. The van der Waals surface area contributed by atoms with E-state index in [1.165, 1.54) is 128 Å². The van der Waals surface area contributed by atoms with Gasteiger partial charge in [0, 0.05) is 13.0 Å². The van der Waals surface area contributed by atoms with Gasteiger partial charge in [0.05, 0.1) is 26.4 Å². The number of aliphatic hydroxyl groups is 7.